The van der Waals surface area contributed by atoms with E-state index in [-0.39, 0.29) is 11.7 Å². The number of hydrogen-bond acceptors (Lipinski definition) is 5. The van der Waals surface area contributed by atoms with E-state index >= 15 is 0 Å². The molecular formula is C23H27FN6O. The van der Waals surface area contributed by atoms with E-state index in [0.717, 1.165) is 34.6 Å². The summed E-state index contributed by atoms with van der Waals surface area (Å²) in [5.74, 6) is 1.09. The number of aromatic nitrogens is 4. The highest BCUT2D eigenvalue weighted by atomic mass is 19.1. The van der Waals surface area contributed by atoms with Crippen LogP contribution in [0.1, 0.15) is 40.3 Å². The zero-order valence-corrected chi connectivity index (χ0v) is 18.4. The Kier molecular flexibility index (Phi) is 5.82. The van der Waals surface area contributed by atoms with E-state index < -0.39 is 0 Å². The van der Waals surface area contributed by atoms with Crippen LogP contribution in [0.4, 0.5) is 10.2 Å². The predicted molar refractivity (Wildman–Crippen MR) is 116 cm³/mol. The molecule has 0 bridgehead atoms. The normalized spacial score (nSPS) is 13.7. The molecule has 0 saturated heterocycles. The van der Waals surface area contributed by atoms with Gasteiger partial charge < -0.3 is 0 Å². The Bertz CT molecular complexity index is 1110. The van der Waals surface area contributed by atoms with E-state index in [4.69, 9.17) is 9.97 Å². The van der Waals surface area contributed by atoms with Gasteiger partial charge in [-0.05, 0) is 45.0 Å². The third-order valence-electron chi connectivity index (χ3n) is 5.83. The molecule has 3 aromatic rings. The number of amides is 1. The smallest absolute Gasteiger partial charge is 0.228 e. The van der Waals surface area contributed by atoms with Crippen LogP contribution in [0.15, 0.2) is 30.5 Å². The lowest BCUT2D eigenvalue weighted by atomic mass is 10.0. The van der Waals surface area contributed by atoms with Gasteiger partial charge in [0.05, 0.1) is 19.3 Å². The largest absolute Gasteiger partial charge is 0.295 e. The van der Waals surface area contributed by atoms with Gasteiger partial charge in [-0.2, -0.15) is 5.10 Å². The molecule has 162 valence electrons. The number of halogens is 1. The Morgan fingerprint density at radius 2 is 1.84 bits per heavy atom. The SMILES string of the molecule is Cc1nc(CN(C)Cc2cnn(C)c2C)nc2c1CCC(=O)N2Cc1ccc(F)cc1. The van der Waals surface area contributed by atoms with Crippen molar-refractivity contribution >= 4 is 11.7 Å². The van der Waals surface area contributed by atoms with Crippen LogP contribution in [0.3, 0.4) is 0 Å². The topological polar surface area (TPSA) is 67.2 Å². The lowest BCUT2D eigenvalue weighted by molar-refractivity contribution is -0.119. The van der Waals surface area contributed by atoms with Crippen molar-refractivity contribution < 1.29 is 9.18 Å². The number of benzene rings is 1. The number of aryl methyl sites for hydroxylation is 2. The van der Waals surface area contributed by atoms with E-state index in [1.165, 1.54) is 12.1 Å². The van der Waals surface area contributed by atoms with Crippen LogP contribution in [0.5, 0.6) is 0 Å². The fourth-order valence-corrected chi connectivity index (χ4v) is 3.93. The summed E-state index contributed by atoms with van der Waals surface area (Å²) in [7, 11) is 3.95. The molecule has 0 radical (unpaired) electrons. The first-order valence-corrected chi connectivity index (χ1v) is 10.4. The number of carbonyl (C=O) groups is 1. The van der Waals surface area contributed by atoms with Gasteiger partial charge in [0, 0.05) is 42.5 Å². The number of carbonyl (C=O) groups excluding carboxylic acids is 1. The maximum atomic E-state index is 13.3. The van der Waals surface area contributed by atoms with Gasteiger partial charge in [-0.3, -0.25) is 19.3 Å². The molecule has 0 atom stereocenters. The van der Waals surface area contributed by atoms with E-state index in [0.29, 0.717) is 37.6 Å². The predicted octanol–water partition coefficient (Wildman–Crippen LogP) is 3.08. The summed E-state index contributed by atoms with van der Waals surface area (Å²) in [5.41, 5.74) is 5.07. The molecule has 0 N–H and O–H groups in total. The van der Waals surface area contributed by atoms with Gasteiger partial charge in [0.15, 0.2) is 0 Å². The van der Waals surface area contributed by atoms with Crippen molar-refractivity contribution in [1.82, 2.24) is 24.6 Å². The first-order valence-electron chi connectivity index (χ1n) is 10.4. The summed E-state index contributed by atoms with van der Waals surface area (Å²) in [6.45, 7) is 5.68. The molecule has 0 spiro atoms. The average Bonchev–Trinajstić information content (AvgIpc) is 3.03. The van der Waals surface area contributed by atoms with Gasteiger partial charge in [0.1, 0.15) is 17.5 Å². The molecule has 2 aromatic heterocycles. The zero-order valence-electron chi connectivity index (χ0n) is 18.4. The molecule has 0 fully saturated rings. The van der Waals surface area contributed by atoms with Gasteiger partial charge >= 0.3 is 0 Å². The third kappa shape index (κ3) is 4.49. The molecule has 0 unspecified atom stereocenters. The van der Waals surface area contributed by atoms with Crippen molar-refractivity contribution in [2.45, 2.75) is 46.3 Å². The van der Waals surface area contributed by atoms with Crippen LogP contribution < -0.4 is 4.90 Å². The number of hydrogen-bond donors (Lipinski definition) is 0. The van der Waals surface area contributed by atoms with Crippen molar-refractivity contribution in [3.05, 3.63) is 70.2 Å². The molecule has 0 saturated carbocycles. The van der Waals surface area contributed by atoms with Crippen LogP contribution >= 0.6 is 0 Å². The van der Waals surface area contributed by atoms with E-state index in [1.807, 2.05) is 31.9 Å². The molecule has 3 heterocycles. The minimum Gasteiger partial charge on any atom is -0.295 e. The second-order valence-corrected chi connectivity index (χ2v) is 8.18. The maximum Gasteiger partial charge on any atom is 0.228 e. The highest BCUT2D eigenvalue weighted by Gasteiger charge is 2.28. The fraction of sp³-hybridized carbons (Fsp3) is 0.391. The van der Waals surface area contributed by atoms with Crippen LogP contribution in [-0.2, 0) is 37.9 Å². The molecule has 1 aromatic carbocycles. The van der Waals surface area contributed by atoms with Gasteiger partial charge in [0.2, 0.25) is 5.91 Å². The second-order valence-electron chi connectivity index (χ2n) is 8.18. The zero-order chi connectivity index (χ0) is 22.1. The van der Waals surface area contributed by atoms with Crippen LogP contribution in [0.25, 0.3) is 0 Å². The van der Waals surface area contributed by atoms with Crippen LogP contribution in [-0.4, -0.2) is 37.6 Å². The minimum absolute atomic E-state index is 0.0280. The summed E-state index contributed by atoms with van der Waals surface area (Å²) in [6.07, 6.45) is 2.96. The summed E-state index contributed by atoms with van der Waals surface area (Å²) in [6, 6.07) is 6.24. The standard InChI is InChI=1S/C23H27FN6O/c1-15-20-9-10-22(31)30(12-17-5-7-19(24)8-6-17)23(20)27-21(26-15)14-28(3)13-18-11-25-29(4)16(18)2/h5-8,11H,9-10,12-14H2,1-4H3. The molecule has 31 heavy (non-hydrogen) atoms. The quantitative estimate of drug-likeness (QED) is 0.611. The van der Waals surface area contributed by atoms with Gasteiger partial charge in [-0.1, -0.05) is 12.1 Å². The van der Waals surface area contributed by atoms with E-state index in [9.17, 15) is 9.18 Å². The summed E-state index contributed by atoms with van der Waals surface area (Å²) >= 11 is 0. The Labute approximate surface area is 181 Å². The van der Waals surface area contributed by atoms with Crippen molar-refractivity contribution in [2.75, 3.05) is 11.9 Å². The molecule has 4 rings (SSSR count). The molecule has 0 aliphatic carbocycles. The monoisotopic (exact) mass is 422 g/mol. The van der Waals surface area contributed by atoms with Crippen molar-refractivity contribution in [2.24, 2.45) is 7.05 Å². The molecule has 1 aliphatic heterocycles. The lowest BCUT2D eigenvalue weighted by Crippen LogP contribution is -2.36. The molecular weight excluding hydrogens is 395 g/mol. The second kappa shape index (κ2) is 8.55. The minimum atomic E-state index is -0.290. The number of anilines is 1. The van der Waals surface area contributed by atoms with Gasteiger partial charge in [-0.15, -0.1) is 0 Å². The number of rotatable bonds is 6. The Balaban J connectivity index is 1.58. The fourth-order valence-electron chi connectivity index (χ4n) is 3.93. The van der Waals surface area contributed by atoms with Crippen LogP contribution in [0, 0.1) is 19.7 Å². The Morgan fingerprint density at radius 3 is 2.52 bits per heavy atom. The first kappa shape index (κ1) is 21.1. The lowest BCUT2D eigenvalue weighted by Gasteiger charge is -2.30. The number of nitrogens with zero attached hydrogens (tertiary/aromatic N) is 6. The Morgan fingerprint density at radius 1 is 1.10 bits per heavy atom. The highest BCUT2D eigenvalue weighted by Crippen LogP contribution is 2.29. The molecule has 7 nitrogen and oxygen atoms in total. The Hall–Kier alpha value is -3.13. The van der Waals surface area contributed by atoms with Crippen molar-refractivity contribution in [3.63, 3.8) is 0 Å². The first-order chi connectivity index (χ1) is 14.8. The number of fused-ring (bicyclic) bond motifs is 1. The molecule has 8 heteroatoms. The third-order valence-corrected chi connectivity index (χ3v) is 5.83. The van der Waals surface area contributed by atoms with Crippen molar-refractivity contribution in [1.29, 1.82) is 0 Å². The summed E-state index contributed by atoms with van der Waals surface area (Å²) in [4.78, 5) is 26.1. The van der Waals surface area contributed by atoms with E-state index in [1.54, 1.807) is 17.0 Å². The van der Waals surface area contributed by atoms with Gasteiger partial charge in [-0.25, -0.2) is 14.4 Å². The van der Waals surface area contributed by atoms with Crippen molar-refractivity contribution in [3.8, 4) is 0 Å². The summed E-state index contributed by atoms with van der Waals surface area (Å²) in [5, 5.41) is 4.30. The molecule has 1 amide bonds. The molecule has 1 aliphatic rings. The maximum absolute atomic E-state index is 13.3. The van der Waals surface area contributed by atoms with E-state index in [2.05, 4.69) is 16.9 Å². The highest BCUT2D eigenvalue weighted by molar-refractivity contribution is 5.95. The average molecular weight is 423 g/mol. The summed E-state index contributed by atoms with van der Waals surface area (Å²) < 4.78 is 15.1. The van der Waals surface area contributed by atoms with Crippen LogP contribution in [0.2, 0.25) is 0 Å². The van der Waals surface area contributed by atoms with Gasteiger partial charge in [0.25, 0.3) is 0 Å².